The fraction of sp³-hybridized carbons (Fsp3) is 0.143. The van der Waals surface area contributed by atoms with E-state index in [1.807, 2.05) is 0 Å². The number of carbonyl (C=O) groups excluding carboxylic acids is 1. The van der Waals surface area contributed by atoms with Gasteiger partial charge < -0.3 is 15.0 Å². The van der Waals surface area contributed by atoms with Crippen molar-refractivity contribution < 1.29 is 9.53 Å². The van der Waals surface area contributed by atoms with Gasteiger partial charge in [-0.2, -0.15) is 5.26 Å². The molecule has 5 nitrogen and oxygen atoms in total. The molecule has 2 aromatic rings. The second-order valence-corrected chi connectivity index (χ2v) is 4.48. The van der Waals surface area contributed by atoms with Gasteiger partial charge >= 0.3 is 5.97 Å². The van der Waals surface area contributed by atoms with E-state index in [1.54, 1.807) is 30.3 Å². The average molecular weight is 290 g/mol. The first-order chi connectivity index (χ1) is 9.63. The lowest BCUT2D eigenvalue weighted by Gasteiger charge is -2.07. The quantitative estimate of drug-likeness (QED) is 0.848. The molecular formula is C14H12ClN3O2. The molecule has 0 aliphatic rings. The number of nitrogens with one attached hydrogen (secondary N) is 2. The van der Waals surface area contributed by atoms with Gasteiger partial charge in [-0.15, -0.1) is 0 Å². The summed E-state index contributed by atoms with van der Waals surface area (Å²) in [4.78, 5) is 14.2. The SMILES string of the molecule is COC(=O)c1ccc(CNc2cc(Cl)ccc2C#N)[nH]1. The van der Waals surface area contributed by atoms with Crippen molar-refractivity contribution in [2.75, 3.05) is 12.4 Å². The number of hydrogen-bond donors (Lipinski definition) is 2. The Kier molecular flexibility index (Phi) is 4.28. The minimum absolute atomic E-state index is 0.385. The third-order valence-electron chi connectivity index (χ3n) is 2.72. The summed E-state index contributed by atoms with van der Waals surface area (Å²) in [6, 6.07) is 10.5. The molecule has 0 amide bonds. The fourth-order valence-electron chi connectivity index (χ4n) is 1.72. The summed E-state index contributed by atoms with van der Waals surface area (Å²) < 4.78 is 4.61. The van der Waals surface area contributed by atoms with Crippen LogP contribution in [0.2, 0.25) is 5.02 Å². The molecule has 20 heavy (non-hydrogen) atoms. The number of aromatic amines is 1. The lowest BCUT2D eigenvalue weighted by atomic mass is 10.2. The van der Waals surface area contributed by atoms with Crippen LogP contribution in [0.5, 0.6) is 0 Å². The van der Waals surface area contributed by atoms with E-state index in [1.165, 1.54) is 7.11 Å². The maximum absolute atomic E-state index is 11.3. The normalized spacial score (nSPS) is 9.85. The monoisotopic (exact) mass is 289 g/mol. The van der Waals surface area contributed by atoms with Gasteiger partial charge in [0.2, 0.25) is 0 Å². The average Bonchev–Trinajstić information content (AvgIpc) is 2.93. The number of benzene rings is 1. The number of halogens is 1. The summed E-state index contributed by atoms with van der Waals surface area (Å²) in [6.07, 6.45) is 0. The first-order valence-corrected chi connectivity index (χ1v) is 6.21. The van der Waals surface area contributed by atoms with Gasteiger partial charge in [0.05, 0.1) is 24.9 Å². The van der Waals surface area contributed by atoms with Crippen LogP contribution in [0, 0.1) is 11.3 Å². The third-order valence-corrected chi connectivity index (χ3v) is 2.96. The van der Waals surface area contributed by atoms with E-state index in [0.29, 0.717) is 28.5 Å². The Balaban J connectivity index is 2.09. The van der Waals surface area contributed by atoms with Crippen LogP contribution in [0.1, 0.15) is 21.7 Å². The predicted octanol–water partition coefficient (Wildman–Crippen LogP) is 2.94. The molecule has 2 rings (SSSR count). The Morgan fingerprint density at radius 2 is 2.25 bits per heavy atom. The maximum Gasteiger partial charge on any atom is 0.354 e. The van der Waals surface area contributed by atoms with Gasteiger partial charge in [0.25, 0.3) is 0 Å². The number of methoxy groups -OCH3 is 1. The Labute approximate surface area is 121 Å². The summed E-state index contributed by atoms with van der Waals surface area (Å²) in [7, 11) is 1.33. The first kappa shape index (κ1) is 14.0. The summed E-state index contributed by atoms with van der Waals surface area (Å²) in [5, 5.41) is 12.7. The van der Waals surface area contributed by atoms with E-state index in [0.717, 1.165) is 5.69 Å². The van der Waals surface area contributed by atoms with Crippen molar-refractivity contribution in [1.82, 2.24) is 4.98 Å². The number of H-pyrrole nitrogens is 1. The Bertz CT molecular complexity index is 673. The molecule has 1 heterocycles. The van der Waals surface area contributed by atoms with Gasteiger partial charge in [-0.3, -0.25) is 0 Å². The molecule has 102 valence electrons. The van der Waals surface area contributed by atoms with E-state index < -0.39 is 5.97 Å². The van der Waals surface area contributed by atoms with E-state index in [4.69, 9.17) is 16.9 Å². The fourth-order valence-corrected chi connectivity index (χ4v) is 1.90. The van der Waals surface area contributed by atoms with Crippen molar-refractivity contribution in [2.24, 2.45) is 0 Å². The number of esters is 1. The van der Waals surface area contributed by atoms with E-state index in [-0.39, 0.29) is 0 Å². The highest BCUT2D eigenvalue weighted by atomic mass is 35.5. The third kappa shape index (κ3) is 3.11. The highest BCUT2D eigenvalue weighted by Crippen LogP contribution is 2.21. The highest BCUT2D eigenvalue weighted by Gasteiger charge is 2.08. The van der Waals surface area contributed by atoms with Crippen LogP contribution in [-0.2, 0) is 11.3 Å². The van der Waals surface area contributed by atoms with Crippen LogP contribution in [0.25, 0.3) is 0 Å². The number of ether oxygens (including phenoxy) is 1. The molecule has 1 aromatic heterocycles. The number of hydrogen-bond acceptors (Lipinski definition) is 4. The van der Waals surface area contributed by atoms with E-state index >= 15 is 0 Å². The molecule has 0 atom stereocenters. The van der Waals surface area contributed by atoms with Crippen LogP contribution in [0.3, 0.4) is 0 Å². The van der Waals surface area contributed by atoms with Crippen LogP contribution < -0.4 is 5.32 Å². The van der Waals surface area contributed by atoms with E-state index in [9.17, 15) is 4.79 Å². The minimum atomic E-state index is -0.420. The van der Waals surface area contributed by atoms with Gasteiger partial charge in [-0.1, -0.05) is 11.6 Å². The Hall–Kier alpha value is -2.45. The zero-order valence-electron chi connectivity index (χ0n) is 10.7. The molecule has 2 N–H and O–H groups in total. The van der Waals surface area contributed by atoms with Gasteiger partial charge in [0.1, 0.15) is 11.8 Å². The van der Waals surface area contributed by atoms with E-state index in [2.05, 4.69) is 21.1 Å². The van der Waals surface area contributed by atoms with Gasteiger partial charge in [0, 0.05) is 10.7 Å². The number of aromatic nitrogens is 1. The number of carbonyl (C=O) groups is 1. The number of nitrogens with zero attached hydrogens (tertiary/aromatic N) is 1. The Morgan fingerprint density at radius 1 is 1.45 bits per heavy atom. The summed E-state index contributed by atoms with van der Waals surface area (Å²) in [5.41, 5.74) is 2.34. The first-order valence-electron chi connectivity index (χ1n) is 5.83. The summed E-state index contributed by atoms with van der Waals surface area (Å²) in [6.45, 7) is 0.437. The van der Waals surface area contributed by atoms with Crippen LogP contribution >= 0.6 is 11.6 Å². The molecule has 6 heteroatoms. The molecule has 0 aliphatic heterocycles. The lowest BCUT2D eigenvalue weighted by molar-refractivity contribution is 0.0594. The second kappa shape index (κ2) is 6.13. The van der Waals surface area contributed by atoms with Gasteiger partial charge in [0.15, 0.2) is 0 Å². The van der Waals surface area contributed by atoms with Crippen molar-refractivity contribution in [1.29, 1.82) is 5.26 Å². The molecule has 0 aliphatic carbocycles. The van der Waals surface area contributed by atoms with Crippen molar-refractivity contribution >= 4 is 23.3 Å². The second-order valence-electron chi connectivity index (χ2n) is 4.04. The standard InChI is InChI=1S/C14H12ClN3O2/c1-20-14(19)12-5-4-11(18-12)8-17-13-6-10(15)3-2-9(13)7-16/h2-6,17-18H,8H2,1H3. The topological polar surface area (TPSA) is 77.9 Å². The van der Waals surface area contributed by atoms with Crippen LogP contribution in [-0.4, -0.2) is 18.1 Å². The van der Waals surface area contributed by atoms with Crippen molar-refractivity contribution in [3.8, 4) is 6.07 Å². The smallest absolute Gasteiger partial charge is 0.354 e. The molecule has 0 bridgehead atoms. The maximum atomic E-state index is 11.3. The van der Waals surface area contributed by atoms with Crippen LogP contribution in [0.4, 0.5) is 5.69 Å². The molecule has 0 radical (unpaired) electrons. The Morgan fingerprint density at radius 3 is 2.95 bits per heavy atom. The highest BCUT2D eigenvalue weighted by molar-refractivity contribution is 6.30. The molecule has 0 fully saturated rings. The van der Waals surface area contributed by atoms with Crippen molar-refractivity contribution in [3.05, 3.63) is 52.3 Å². The number of nitriles is 1. The number of rotatable bonds is 4. The molecule has 1 aromatic carbocycles. The molecule has 0 unspecified atom stereocenters. The number of anilines is 1. The van der Waals surface area contributed by atoms with Gasteiger partial charge in [-0.25, -0.2) is 4.79 Å². The molecule has 0 saturated heterocycles. The molecular weight excluding hydrogens is 278 g/mol. The van der Waals surface area contributed by atoms with Crippen molar-refractivity contribution in [2.45, 2.75) is 6.54 Å². The summed E-state index contributed by atoms with van der Waals surface area (Å²) in [5.74, 6) is -0.420. The van der Waals surface area contributed by atoms with Crippen molar-refractivity contribution in [3.63, 3.8) is 0 Å². The minimum Gasteiger partial charge on any atom is -0.464 e. The zero-order chi connectivity index (χ0) is 14.5. The largest absolute Gasteiger partial charge is 0.464 e. The molecule has 0 saturated carbocycles. The molecule has 0 spiro atoms. The summed E-state index contributed by atoms with van der Waals surface area (Å²) >= 11 is 5.90. The van der Waals surface area contributed by atoms with Gasteiger partial charge in [-0.05, 0) is 30.3 Å². The van der Waals surface area contributed by atoms with Crippen LogP contribution in [0.15, 0.2) is 30.3 Å². The predicted molar refractivity (Wildman–Crippen MR) is 75.6 cm³/mol. The lowest BCUT2D eigenvalue weighted by Crippen LogP contribution is -2.04. The zero-order valence-corrected chi connectivity index (χ0v) is 11.5.